The molecule has 146 valence electrons. The fourth-order valence-electron chi connectivity index (χ4n) is 2.43. The molecule has 28 heavy (non-hydrogen) atoms. The van der Waals surface area contributed by atoms with E-state index in [1.54, 1.807) is 42.5 Å². The highest BCUT2D eigenvalue weighted by atomic mass is 16.5. The first kappa shape index (κ1) is 21.2. The first-order chi connectivity index (χ1) is 13.4. The number of carbonyl (C=O) groups is 1. The summed E-state index contributed by atoms with van der Waals surface area (Å²) in [7, 11) is 0. The number of allylic oxidation sites excluding steroid dienone is 3. The molecule has 0 aromatic heterocycles. The van der Waals surface area contributed by atoms with Crippen LogP contribution in [-0.2, 0) is 0 Å². The van der Waals surface area contributed by atoms with Gasteiger partial charge >= 0.3 is 0 Å². The van der Waals surface area contributed by atoms with E-state index in [2.05, 4.69) is 13.5 Å². The van der Waals surface area contributed by atoms with E-state index in [0.29, 0.717) is 11.3 Å². The average Bonchev–Trinajstić information content (AvgIpc) is 2.71. The van der Waals surface area contributed by atoms with E-state index in [1.165, 1.54) is 0 Å². The van der Waals surface area contributed by atoms with Crippen LogP contribution in [-0.4, -0.2) is 11.4 Å². The van der Waals surface area contributed by atoms with Gasteiger partial charge < -0.3 is 9.47 Å². The van der Waals surface area contributed by atoms with Crippen LogP contribution in [0, 0.1) is 0 Å². The molecule has 0 unspecified atom stereocenters. The molecule has 3 heteroatoms. The van der Waals surface area contributed by atoms with Crippen LogP contribution in [0.15, 0.2) is 79.1 Å². The normalized spacial score (nSPS) is 12.1. The lowest BCUT2D eigenvalue weighted by Crippen LogP contribution is -2.24. The van der Waals surface area contributed by atoms with Crippen LogP contribution in [0.3, 0.4) is 0 Å². The first-order valence-electron chi connectivity index (χ1n) is 9.45. The van der Waals surface area contributed by atoms with Crippen LogP contribution in [0.2, 0.25) is 0 Å². The smallest absolute Gasteiger partial charge is 0.185 e. The van der Waals surface area contributed by atoms with Crippen LogP contribution in [0.5, 0.6) is 11.5 Å². The van der Waals surface area contributed by atoms with Crippen molar-refractivity contribution >= 4 is 11.9 Å². The molecule has 0 aliphatic rings. The molecular formula is C25H28O3. The fourth-order valence-corrected chi connectivity index (χ4v) is 2.43. The molecule has 0 aliphatic heterocycles. The van der Waals surface area contributed by atoms with Gasteiger partial charge in [-0.2, -0.15) is 0 Å². The van der Waals surface area contributed by atoms with Crippen LogP contribution >= 0.6 is 0 Å². The zero-order chi connectivity index (χ0) is 20.6. The Morgan fingerprint density at radius 1 is 1.04 bits per heavy atom. The number of benzene rings is 2. The van der Waals surface area contributed by atoms with Crippen LogP contribution in [0.4, 0.5) is 0 Å². The second-order valence-corrected chi connectivity index (χ2v) is 6.91. The molecule has 0 spiro atoms. The molecule has 0 bridgehead atoms. The maximum atomic E-state index is 12.4. The van der Waals surface area contributed by atoms with Gasteiger partial charge in [0.05, 0.1) is 5.76 Å². The third-order valence-electron chi connectivity index (χ3n) is 4.24. The van der Waals surface area contributed by atoms with E-state index >= 15 is 0 Å². The number of hydrogen-bond donors (Lipinski definition) is 0. The average molecular weight is 376 g/mol. The van der Waals surface area contributed by atoms with Gasteiger partial charge in [0, 0.05) is 12.0 Å². The number of ether oxygens (including phenoxy) is 2. The minimum Gasteiger partial charge on any atom is -0.484 e. The first-order valence-corrected chi connectivity index (χ1v) is 9.45. The van der Waals surface area contributed by atoms with Crippen molar-refractivity contribution in [3.05, 3.63) is 90.2 Å². The molecule has 2 aromatic carbocycles. The summed E-state index contributed by atoms with van der Waals surface area (Å²) < 4.78 is 11.6. The van der Waals surface area contributed by atoms with Gasteiger partial charge in [-0.15, -0.1) is 0 Å². The van der Waals surface area contributed by atoms with Gasteiger partial charge in [-0.05, 0) is 81.0 Å². The lowest BCUT2D eigenvalue weighted by molar-refractivity contribution is 0.104. The predicted molar refractivity (Wildman–Crippen MR) is 116 cm³/mol. The molecule has 0 fully saturated rings. The summed E-state index contributed by atoms with van der Waals surface area (Å²) in [6.07, 6.45) is 7.92. The number of hydrogen-bond acceptors (Lipinski definition) is 3. The Morgan fingerprint density at radius 2 is 1.64 bits per heavy atom. The number of rotatable bonds is 9. The lowest BCUT2D eigenvalue weighted by Gasteiger charge is -2.22. The summed E-state index contributed by atoms with van der Waals surface area (Å²) in [4.78, 5) is 12.4. The molecule has 2 aromatic rings. The van der Waals surface area contributed by atoms with Gasteiger partial charge in [-0.3, -0.25) is 4.79 Å². The van der Waals surface area contributed by atoms with E-state index < -0.39 is 5.60 Å². The van der Waals surface area contributed by atoms with E-state index in [-0.39, 0.29) is 5.78 Å². The molecule has 0 atom stereocenters. The third kappa shape index (κ3) is 6.27. The zero-order valence-corrected chi connectivity index (χ0v) is 17.1. The highest BCUT2D eigenvalue weighted by molar-refractivity contribution is 6.06. The van der Waals surface area contributed by atoms with Crippen LogP contribution < -0.4 is 9.47 Å². The minimum absolute atomic E-state index is 0.0583. The van der Waals surface area contributed by atoms with Gasteiger partial charge in [0.15, 0.2) is 5.78 Å². The molecular weight excluding hydrogens is 348 g/mol. The van der Waals surface area contributed by atoms with Crippen molar-refractivity contribution in [2.75, 3.05) is 0 Å². The van der Waals surface area contributed by atoms with Gasteiger partial charge in [-0.1, -0.05) is 31.7 Å². The molecule has 2 rings (SSSR count). The Kier molecular flexibility index (Phi) is 7.39. The Balaban J connectivity index is 2.00. The standard InChI is InChI=1S/C25H28O3/c1-6-21(7-2)27-22-14-9-19(10-15-22)11-18-24(26)20-12-16-23(17-13-20)28-25(4,5)8-3/h6,8-18H,3,7H2,1-2,4-5H3. The Labute approximate surface area is 168 Å². The summed E-state index contributed by atoms with van der Waals surface area (Å²) in [5.74, 6) is 2.37. The molecule has 3 nitrogen and oxygen atoms in total. The molecule has 0 radical (unpaired) electrons. The maximum absolute atomic E-state index is 12.4. The van der Waals surface area contributed by atoms with Crippen molar-refractivity contribution in [2.24, 2.45) is 0 Å². The molecule has 0 N–H and O–H groups in total. The maximum Gasteiger partial charge on any atom is 0.185 e. The van der Waals surface area contributed by atoms with Crippen LogP contribution in [0.1, 0.15) is 50.0 Å². The highest BCUT2D eigenvalue weighted by Crippen LogP contribution is 2.21. The molecule has 0 aliphatic carbocycles. The Bertz CT molecular complexity index is 854. The van der Waals surface area contributed by atoms with E-state index in [9.17, 15) is 4.79 Å². The molecule has 0 heterocycles. The zero-order valence-electron chi connectivity index (χ0n) is 17.1. The summed E-state index contributed by atoms with van der Waals surface area (Å²) in [6, 6.07) is 14.8. The van der Waals surface area contributed by atoms with Crippen molar-refractivity contribution in [2.45, 2.75) is 39.7 Å². The Hall–Kier alpha value is -3.07. The second-order valence-electron chi connectivity index (χ2n) is 6.91. The van der Waals surface area contributed by atoms with E-state index in [1.807, 2.05) is 51.1 Å². The van der Waals surface area contributed by atoms with E-state index in [0.717, 1.165) is 23.5 Å². The van der Waals surface area contributed by atoms with Crippen molar-refractivity contribution in [3.63, 3.8) is 0 Å². The van der Waals surface area contributed by atoms with Crippen molar-refractivity contribution in [1.29, 1.82) is 0 Å². The minimum atomic E-state index is -0.452. The molecule has 0 amide bonds. The second kappa shape index (κ2) is 9.75. The van der Waals surface area contributed by atoms with Crippen molar-refractivity contribution < 1.29 is 14.3 Å². The number of carbonyl (C=O) groups excluding carboxylic acids is 1. The van der Waals surface area contributed by atoms with E-state index in [4.69, 9.17) is 9.47 Å². The van der Waals surface area contributed by atoms with Gasteiger partial charge in [0.2, 0.25) is 0 Å². The number of ketones is 1. The molecule has 0 saturated heterocycles. The summed E-state index contributed by atoms with van der Waals surface area (Å²) in [5.41, 5.74) is 1.10. The van der Waals surface area contributed by atoms with Crippen LogP contribution in [0.25, 0.3) is 6.08 Å². The summed E-state index contributed by atoms with van der Waals surface area (Å²) >= 11 is 0. The van der Waals surface area contributed by atoms with Gasteiger partial charge in [-0.25, -0.2) is 0 Å². The highest BCUT2D eigenvalue weighted by Gasteiger charge is 2.14. The van der Waals surface area contributed by atoms with Gasteiger partial charge in [0.1, 0.15) is 17.1 Å². The summed E-state index contributed by atoms with van der Waals surface area (Å²) in [6.45, 7) is 11.6. The monoisotopic (exact) mass is 376 g/mol. The predicted octanol–water partition coefficient (Wildman–Crippen LogP) is 6.62. The largest absolute Gasteiger partial charge is 0.484 e. The summed E-state index contributed by atoms with van der Waals surface area (Å²) in [5, 5.41) is 0. The molecule has 0 saturated carbocycles. The third-order valence-corrected chi connectivity index (χ3v) is 4.24. The fraction of sp³-hybridized carbons (Fsp3) is 0.240. The van der Waals surface area contributed by atoms with Gasteiger partial charge in [0.25, 0.3) is 0 Å². The Morgan fingerprint density at radius 3 is 2.18 bits per heavy atom. The van der Waals surface area contributed by atoms with Crippen molar-refractivity contribution in [1.82, 2.24) is 0 Å². The lowest BCUT2D eigenvalue weighted by atomic mass is 10.1. The topological polar surface area (TPSA) is 35.5 Å². The SMILES string of the molecule is C=CC(C)(C)Oc1ccc(C(=O)C=Cc2ccc(OC(=CC)CC)cc2)cc1. The quantitative estimate of drug-likeness (QED) is 0.213. The van der Waals surface area contributed by atoms with Crippen molar-refractivity contribution in [3.8, 4) is 11.5 Å².